The lowest BCUT2D eigenvalue weighted by Crippen LogP contribution is -2.45. The molecule has 0 aromatic carbocycles. The summed E-state index contributed by atoms with van der Waals surface area (Å²) in [7, 11) is 1.21. The zero-order valence-corrected chi connectivity index (χ0v) is 46.4. The topological polar surface area (TPSA) is 108 Å². The lowest BCUT2D eigenvalue weighted by molar-refractivity contribution is -0.870. The van der Waals surface area contributed by atoms with Gasteiger partial charge in [-0.25, -0.2) is 0 Å². The molecule has 0 aliphatic carbocycles. The van der Waals surface area contributed by atoms with Gasteiger partial charge in [-0.1, -0.05) is 234 Å². The summed E-state index contributed by atoms with van der Waals surface area (Å²) in [5, 5.41) is 13.8. The van der Waals surface area contributed by atoms with Crippen LogP contribution < -0.4 is 10.2 Å². The van der Waals surface area contributed by atoms with Gasteiger partial charge in [-0.2, -0.15) is 0 Å². The number of quaternary nitrogens is 1. The lowest BCUT2D eigenvalue weighted by Gasteiger charge is -2.29. The Bertz CT molecular complexity index is 1400. The van der Waals surface area contributed by atoms with Gasteiger partial charge in [0, 0.05) is 6.42 Å². The molecule has 0 aliphatic rings. The van der Waals surface area contributed by atoms with Crippen LogP contribution in [0.3, 0.4) is 0 Å². The summed E-state index contributed by atoms with van der Waals surface area (Å²) < 4.78 is 23.3. The van der Waals surface area contributed by atoms with Crippen molar-refractivity contribution >= 4 is 13.7 Å². The molecular formula is C60H109N2O6P. The molecule has 69 heavy (non-hydrogen) atoms. The summed E-state index contributed by atoms with van der Waals surface area (Å²) in [6, 6.07) is -0.929. The van der Waals surface area contributed by atoms with E-state index in [-0.39, 0.29) is 12.5 Å². The number of carbonyl (C=O) groups excluding carboxylic acids is 1. The van der Waals surface area contributed by atoms with Gasteiger partial charge in [-0.15, -0.1) is 0 Å². The van der Waals surface area contributed by atoms with Gasteiger partial charge < -0.3 is 28.8 Å². The van der Waals surface area contributed by atoms with Crippen LogP contribution in [-0.2, 0) is 18.4 Å². The molecule has 0 aliphatic heterocycles. The highest BCUT2D eigenvalue weighted by molar-refractivity contribution is 7.45. The average molecular weight is 986 g/mol. The van der Waals surface area contributed by atoms with Crippen LogP contribution in [0.2, 0.25) is 0 Å². The first-order valence-electron chi connectivity index (χ1n) is 28.4. The third kappa shape index (κ3) is 53.3. The van der Waals surface area contributed by atoms with Crippen molar-refractivity contribution in [1.82, 2.24) is 5.32 Å². The van der Waals surface area contributed by atoms with E-state index in [0.29, 0.717) is 17.4 Å². The van der Waals surface area contributed by atoms with Crippen LogP contribution in [-0.4, -0.2) is 68.5 Å². The maximum absolute atomic E-state index is 12.9. The molecule has 0 heterocycles. The summed E-state index contributed by atoms with van der Waals surface area (Å²) in [5.41, 5.74) is 0. The molecule has 0 radical (unpaired) electrons. The molecule has 0 fully saturated rings. The number of rotatable bonds is 51. The summed E-state index contributed by atoms with van der Waals surface area (Å²) in [6.07, 6.45) is 71.1. The van der Waals surface area contributed by atoms with E-state index in [0.717, 1.165) is 83.5 Å². The Morgan fingerprint density at radius 2 is 0.899 bits per heavy atom. The van der Waals surface area contributed by atoms with Crippen molar-refractivity contribution in [2.24, 2.45) is 0 Å². The number of phosphoric acid groups is 1. The number of hydrogen-bond donors (Lipinski definition) is 2. The predicted molar refractivity (Wildman–Crippen MR) is 297 cm³/mol. The van der Waals surface area contributed by atoms with E-state index in [4.69, 9.17) is 9.05 Å². The number of amides is 1. The molecule has 0 aromatic heterocycles. The highest BCUT2D eigenvalue weighted by Crippen LogP contribution is 2.38. The monoisotopic (exact) mass is 985 g/mol. The second-order valence-corrected chi connectivity index (χ2v) is 21.7. The quantitative estimate of drug-likeness (QED) is 0.0272. The molecule has 400 valence electrons. The van der Waals surface area contributed by atoms with Gasteiger partial charge in [-0.3, -0.25) is 9.36 Å². The number of nitrogens with one attached hydrogen (secondary N) is 1. The van der Waals surface area contributed by atoms with Gasteiger partial charge in [0.05, 0.1) is 39.9 Å². The number of hydrogen-bond acceptors (Lipinski definition) is 6. The smallest absolute Gasteiger partial charge is 0.268 e. The summed E-state index contributed by atoms with van der Waals surface area (Å²) >= 11 is 0. The van der Waals surface area contributed by atoms with Gasteiger partial charge in [-0.05, 0) is 83.5 Å². The Balaban J connectivity index is 4.28. The summed E-state index contributed by atoms with van der Waals surface area (Å²) in [4.78, 5) is 25.4. The third-order valence-corrected chi connectivity index (χ3v) is 13.3. The molecule has 0 spiro atoms. The van der Waals surface area contributed by atoms with E-state index >= 15 is 0 Å². The molecule has 0 aromatic rings. The summed E-state index contributed by atoms with van der Waals surface area (Å²) in [6.45, 7) is 4.49. The minimum Gasteiger partial charge on any atom is -0.756 e. The van der Waals surface area contributed by atoms with Crippen LogP contribution in [0.4, 0.5) is 0 Å². The molecule has 0 bridgehead atoms. The Kier molecular flexibility index (Phi) is 48.9. The van der Waals surface area contributed by atoms with Gasteiger partial charge in [0.25, 0.3) is 7.82 Å². The molecule has 3 atom stereocenters. The minimum absolute atomic E-state index is 0.0183. The molecular weight excluding hydrogens is 876 g/mol. The van der Waals surface area contributed by atoms with Crippen LogP contribution >= 0.6 is 7.82 Å². The van der Waals surface area contributed by atoms with E-state index in [1.807, 2.05) is 27.2 Å². The maximum atomic E-state index is 12.9. The van der Waals surface area contributed by atoms with Crippen molar-refractivity contribution in [3.05, 3.63) is 85.1 Å². The Morgan fingerprint density at radius 3 is 1.35 bits per heavy atom. The number of carbonyl (C=O) groups is 1. The predicted octanol–water partition coefficient (Wildman–Crippen LogP) is 16.6. The second kappa shape index (κ2) is 50.6. The second-order valence-electron chi connectivity index (χ2n) is 20.2. The first-order chi connectivity index (χ1) is 33.5. The van der Waals surface area contributed by atoms with Crippen molar-refractivity contribution in [3.63, 3.8) is 0 Å². The molecule has 0 saturated heterocycles. The van der Waals surface area contributed by atoms with Crippen molar-refractivity contribution < 1.29 is 32.9 Å². The fraction of sp³-hybridized carbons (Fsp3) is 0.750. The van der Waals surface area contributed by atoms with E-state index in [1.165, 1.54) is 135 Å². The summed E-state index contributed by atoms with van der Waals surface area (Å²) in [5.74, 6) is -0.237. The number of nitrogens with zero attached hydrogens (tertiary/aromatic N) is 1. The number of phosphoric ester groups is 1. The highest BCUT2D eigenvalue weighted by atomic mass is 31.2. The number of allylic oxidation sites excluding steroid dienone is 13. The Hall–Kier alpha value is -2.32. The van der Waals surface area contributed by atoms with Gasteiger partial charge in [0.15, 0.2) is 0 Å². The first-order valence-corrected chi connectivity index (χ1v) is 29.9. The fourth-order valence-corrected chi connectivity index (χ4v) is 8.61. The molecule has 2 N–H and O–H groups in total. The number of aliphatic hydroxyl groups is 1. The van der Waals surface area contributed by atoms with Gasteiger partial charge in [0.2, 0.25) is 5.91 Å². The molecule has 1 amide bonds. The minimum atomic E-state index is -4.62. The largest absolute Gasteiger partial charge is 0.756 e. The zero-order chi connectivity index (χ0) is 50.6. The molecule has 8 nitrogen and oxygen atoms in total. The lowest BCUT2D eigenvalue weighted by atomic mass is 10.0. The number of aliphatic hydroxyl groups excluding tert-OH is 1. The molecule has 0 saturated carbocycles. The highest BCUT2D eigenvalue weighted by Gasteiger charge is 2.23. The van der Waals surface area contributed by atoms with Crippen molar-refractivity contribution in [1.29, 1.82) is 0 Å². The van der Waals surface area contributed by atoms with Gasteiger partial charge >= 0.3 is 0 Å². The maximum Gasteiger partial charge on any atom is 0.268 e. The average Bonchev–Trinajstić information content (AvgIpc) is 3.31. The zero-order valence-electron chi connectivity index (χ0n) is 45.5. The molecule has 3 unspecified atom stereocenters. The Morgan fingerprint density at radius 1 is 0.522 bits per heavy atom. The Labute approximate surface area is 426 Å². The van der Waals surface area contributed by atoms with Crippen LogP contribution in [0, 0.1) is 0 Å². The third-order valence-electron chi connectivity index (χ3n) is 12.3. The van der Waals surface area contributed by atoms with Crippen molar-refractivity contribution in [2.75, 3.05) is 40.9 Å². The van der Waals surface area contributed by atoms with Crippen molar-refractivity contribution in [3.8, 4) is 0 Å². The van der Waals surface area contributed by atoms with Gasteiger partial charge in [0.1, 0.15) is 13.2 Å². The van der Waals surface area contributed by atoms with Crippen LogP contribution in [0.1, 0.15) is 239 Å². The van der Waals surface area contributed by atoms with Crippen LogP contribution in [0.25, 0.3) is 0 Å². The SMILES string of the molecule is CC/C=C\C/C=C\C/C=C\C/C=C\CCCCCCC(=O)NC(COP(=O)([O-])OCC[N+](C)(C)C)C(O)/C=C/CC/C=C/CC/C=C/CCCCCCCCCCCCCCCCCCCCCC. The van der Waals surface area contributed by atoms with Crippen LogP contribution in [0.5, 0.6) is 0 Å². The normalized spacial score (nSPS) is 14.6. The molecule has 9 heteroatoms. The van der Waals surface area contributed by atoms with E-state index in [2.05, 4.69) is 92.1 Å². The number of unbranched alkanes of at least 4 members (excludes halogenated alkanes) is 26. The van der Waals surface area contributed by atoms with E-state index in [1.54, 1.807) is 6.08 Å². The first kappa shape index (κ1) is 66.7. The number of likely N-dealkylation sites (N-methyl/N-ethyl adjacent to an activating group) is 1. The van der Waals surface area contributed by atoms with Crippen molar-refractivity contribution in [2.45, 2.75) is 251 Å². The fourth-order valence-electron chi connectivity index (χ4n) is 7.88. The van der Waals surface area contributed by atoms with Crippen LogP contribution in [0.15, 0.2) is 85.1 Å². The standard InChI is InChI=1S/C60H109N2O6P/c1-6-8-10-12-14-16-18-20-22-24-25-26-27-28-29-30-31-32-33-34-35-36-38-39-41-43-45-47-49-51-53-59(63)58(57-68-69(65,66)67-56-55-62(3,4)5)61-60(64)54-52-50-48-46-44-42-40-37-23-21-19-17-15-13-11-9-7-2/h9,11,15,17,21,23,36,38,40,42-43,45,51,53,58-59,63H,6-8,10,12-14,16,18-20,22,24-35,37,39,41,44,46-50,52,54-57H2,1-5H3,(H-,61,64,65,66)/b11-9-,17-15-,23-21-,38-36+,42-40-,45-43+,53-51+. The molecule has 0 rings (SSSR count). The van der Waals surface area contributed by atoms with E-state index < -0.39 is 26.6 Å². The van der Waals surface area contributed by atoms with E-state index in [9.17, 15) is 19.4 Å².